The molecular formula is C12H10O3. The number of carbonyl (C=O) groups excluding carboxylic acids is 1. The van der Waals surface area contributed by atoms with Crippen LogP contribution in [0.25, 0.3) is 10.8 Å². The number of phenolic OH excluding ortho intramolecular Hbond substituents is 1. The van der Waals surface area contributed by atoms with E-state index in [1.165, 1.54) is 7.11 Å². The zero-order valence-electron chi connectivity index (χ0n) is 8.23. The number of fused-ring (bicyclic) bond motifs is 1. The Morgan fingerprint density at radius 1 is 1.27 bits per heavy atom. The van der Waals surface area contributed by atoms with Gasteiger partial charge in [0, 0.05) is 5.39 Å². The number of aromatic hydroxyl groups is 1. The lowest BCUT2D eigenvalue weighted by Crippen LogP contribution is -2.00. The lowest BCUT2D eigenvalue weighted by atomic mass is 10.1. The molecule has 0 spiro atoms. The molecule has 0 bridgehead atoms. The molecule has 0 fully saturated rings. The standard InChI is InChI=1S/C12H10O3/c1-15-12(14)9-6-5-8-3-2-4-11(13)10(8)7-9/h2-7,13H,1H3. The molecule has 0 unspecified atom stereocenters. The minimum atomic E-state index is -0.403. The zero-order valence-corrected chi connectivity index (χ0v) is 8.23. The van der Waals surface area contributed by atoms with Crippen molar-refractivity contribution >= 4 is 16.7 Å². The van der Waals surface area contributed by atoms with Crippen molar-refractivity contribution in [2.24, 2.45) is 0 Å². The first-order valence-corrected chi connectivity index (χ1v) is 4.52. The lowest BCUT2D eigenvalue weighted by Gasteiger charge is -2.03. The van der Waals surface area contributed by atoms with Gasteiger partial charge in [-0.25, -0.2) is 4.79 Å². The number of phenols is 1. The Balaban J connectivity index is 2.64. The van der Waals surface area contributed by atoms with Crippen LogP contribution in [0, 0.1) is 0 Å². The third-order valence-electron chi connectivity index (χ3n) is 2.28. The van der Waals surface area contributed by atoms with Crippen LogP contribution in [-0.4, -0.2) is 18.2 Å². The molecule has 2 aromatic rings. The first-order valence-electron chi connectivity index (χ1n) is 4.52. The number of ether oxygens (including phenoxy) is 1. The van der Waals surface area contributed by atoms with Crippen molar-refractivity contribution in [2.75, 3.05) is 7.11 Å². The van der Waals surface area contributed by atoms with Crippen LogP contribution in [0.4, 0.5) is 0 Å². The number of methoxy groups -OCH3 is 1. The van der Waals surface area contributed by atoms with Crippen molar-refractivity contribution in [3.05, 3.63) is 42.0 Å². The summed E-state index contributed by atoms with van der Waals surface area (Å²) in [4.78, 5) is 11.3. The minimum Gasteiger partial charge on any atom is -0.507 e. The topological polar surface area (TPSA) is 46.5 Å². The number of benzene rings is 2. The maximum absolute atomic E-state index is 11.3. The van der Waals surface area contributed by atoms with Gasteiger partial charge in [0.2, 0.25) is 0 Å². The van der Waals surface area contributed by atoms with E-state index in [-0.39, 0.29) is 5.75 Å². The highest BCUT2D eigenvalue weighted by Gasteiger charge is 2.07. The second kappa shape index (κ2) is 3.61. The molecule has 0 aliphatic carbocycles. The van der Waals surface area contributed by atoms with E-state index in [2.05, 4.69) is 4.74 Å². The van der Waals surface area contributed by atoms with E-state index in [9.17, 15) is 9.90 Å². The summed E-state index contributed by atoms with van der Waals surface area (Å²) in [6.07, 6.45) is 0. The van der Waals surface area contributed by atoms with Gasteiger partial charge in [0.25, 0.3) is 0 Å². The third kappa shape index (κ3) is 1.64. The maximum atomic E-state index is 11.3. The fourth-order valence-electron chi connectivity index (χ4n) is 1.50. The van der Waals surface area contributed by atoms with Gasteiger partial charge in [-0.2, -0.15) is 0 Å². The van der Waals surface area contributed by atoms with Gasteiger partial charge >= 0.3 is 5.97 Å². The average Bonchev–Trinajstić information content (AvgIpc) is 2.28. The average molecular weight is 202 g/mol. The van der Waals surface area contributed by atoms with Crippen molar-refractivity contribution < 1.29 is 14.6 Å². The Hall–Kier alpha value is -2.03. The first-order chi connectivity index (χ1) is 7.22. The van der Waals surface area contributed by atoms with Crippen molar-refractivity contribution in [3.8, 4) is 5.75 Å². The first kappa shape index (κ1) is 9.52. The second-order valence-electron chi connectivity index (χ2n) is 3.20. The highest BCUT2D eigenvalue weighted by Crippen LogP contribution is 2.25. The maximum Gasteiger partial charge on any atom is 0.337 e. The van der Waals surface area contributed by atoms with Crippen molar-refractivity contribution in [2.45, 2.75) is 0 Å². The Bertz CT molecular complexity index is 517. The Kier molecular flexibility index (Phi) is 2.29. The minimum absolute atomic E-state index is 0.165. The van der Waals surface area contributed by atoms with E-state index >= 15 is 0 Å². The largest absolute Gasteiger partial charge is 0.507 e. The molecular weight excluding hydrogens is 192 g/mol. The molecule has 0 amide bonds. The van der Waals surface area contributed by atoms with Crippen LogP contribution in [0.3, 0.4) is 0 Å². The number of hydrogen-bond acceptors (Lipinski definition) is 3. The van der Waals surface area contributed by atoms with E-state index in [0.29, 0.717) is 10.9 Å². The normalized spacial score (nSPS) is 10.2. The van der Waals surface area contributed by atoms with Gasteiger partial charge in [-0.15, -0.1) is 0 Å². The molecule has 15 heavy (non-hydrogen) atoms. The molecule has 0 aliphatic rings. The summed E-state index contributed by atoms with van der Waals surface area (Å²) in [6, 6.07) is 10.3. The van der Waals surface area contributed by atoms with Gasteiger partial charge in [0.05, 0.1) is 12.7 Å². The Morgan fingerprint density at radius 2 is 2.07 bits per heavy atom. The second-order valence-corrected chi connectivity index (χ2v) is 3.20. The number of rotatable bonds is 1. The Morgan fingerprint density at radius 3 is 2.80 bits per heavy atom. The molecule has 0 aliphatic heterocycles. The zero-order chi connectivity index (χ0) is 10.8. The summed E-state index contributed by atoms with van der Waals surface area (Å²) in [5.74, 6) is -0.238. The summed E-state index contributed by atoms with van der Waals surface area (Å²) < 4.78 is 4.60. The van der Waals surface area contributed by atoms with Gasteiger partial charge in [-0.1, -0.05) is 18.2 Å². The number of carbonyl (C=O) groups is 1. The van der Waals surface area contributed by atoms with E-state index in [1.807, 2.05) is 6.07 Å². The molecule has 0 atom stereocenters. The van der Waals surface area contributed by atoms with Gasteiger partial charge in [-0.05, 0) is 23.6 Å². The molecule has 3 nitrogen and oxygen atoms in total. The molecule has 2 rings (SSSR count). The van der Waals surface area contributed by atoms with Gasteiger partial charge < -0.3 is 9.84 Å². The smallest absolute Gasteiger partial charge is 0.337 e. The fourth-order valence-corrected chi connectivity index (χ4v) is 1.50. The van der Waals surface area contributed by atoms with Crippen LogP contribution < -0.4 is 0 Å². The molecule has 3 heteroatoms. The van der Waals surface area contributed by atoms with Crippen LogP contribution in [0.2, 0.25) is 0 Å². The van der Waals surface area contributed by atoms with E-state index in [0.717, 1.165) is 5.39 Å². The molecule has 0 saturated heterocycles. The summed E-state index contributed by atoms with van der Waals surface area (Å²) in [7, 11) is 1.33. The highest BCUT2D eigenvalue weighted by molar-refractivity contribution is 5.97. The van der Waals surface area contributed by atoms with E-state index in [4.69, 9.17) is 0 Å². The van der Waals surface area contributed by atoms with Crippen molar-refractivity contribution in [3.63, 3.8) is 0 Å². The summed E-state index contributed by atoms with van der Waals surface area (Å²) in [5.41, 5.74) is 0.437. The fraction of sp³-hybridized carbons (Fsp3) is 0.0833. The van der Waals surface area contributed by atoms with E-state index in [1.54, 1.807) is 30.3 Å². The lowest BCUT2D eigenvalue weighted by molar-refractivity contribution is 0.0601. The molecule has 1 N–H and O–H groups in total. The van der Waals surface area contributed by atoms with Crippen molar-refractivity contribution in [1.82, 2.24) is 0 Å². The quantitative estimate of drug-likeness (QED) is 0.722. The SMILES string of the molecule is COC(=O)c1ccc2cccc(O)c2c1. The predicted octanol–water partition coefficient (Wildman–Crippen LogP) is 2.33. The van der Waals surface area contributed by atoms with Crippen LogP contribution in [0.5, 0.6) is 5.75 Å². The van der Waals surface area contributed by atoms with Gasteiger partial charge in [-0.3, -0.25) is 0 Å². The van der Waals surface area contributed by atoms with Gasteiger partial charge in [0.1, 0.15) is 5.75 Å². The number of hydrogen-bond donors (Lipinski definition) is 1. The molecule has 0 heterocycles. The molecule has 0 saturated carbocycles. The van der Waals surface area contributed by atoms with Crippen molar-refractivity contribution in [1.29, 1.82) is 0 Å². The molecule has 2 aromatic carbocycles. The third-order valence-corrected chi connectivity index (χ3v) is 2.28. The molecule has 76 valence electrons. The summed E-state index contributed by atoms with van der Waals surface area (Å²) in [6.45, 7) is 0. The van der Waals surface area contributed by atoms with Crippen LogP contribution in [0.15, 0.2) is 36.4 Å². The van der Waals surface area contributed by atoms with Gasteiger partial charge in [0.15, 0.2) is 0 Å². The summed E-state index contributed by atoms with van der Waals surface area (Å²) >= 11 is 0. The highest BCUT2D eigenvalue weighted by atomic mass is 16.5. The molecule has 0 aromatic heterocycles. The monoisotopic (exact) mass is 202 g/mol. The Labute approximate surface area is 86.9 Å². The van der Waals surface area contributed by atoms with Crippen LogP contribution in [0.1, 0.15) is 10.4 Å². The molecule has 0 radical (unpaired) electrons. The predicted molar refractivity (Wildman–Crippen MR) is 57.0 cm³/mol. The number of esters is 1. The van der Waals surface area contributed by atoms with E-state index < -0.39 is 5.97 Å². The summed E-state index contributed by atoms with van der Waals surface area (Å²) in [5, 5.41) is 11.1. The van der Waals surface area contributed by atoms with Crippen LogP contribution in [-0.2, 0) is 4.74 Å². The van der Waals surface area contributed by atoms with Crippen LogP contribution >= 0.6 is 0 Å².